The van der Waals surface area contributed by atoms with Gasteiger partial charge in [-0.2, -0.15) is 5.26 Å². The minimum absolute atomic E-state index is 0.0391. The Hall–Kier alpha value is -2.85. The molecule has 0 aliphatic rings. The van der Waals surface area contributed by atoms with E-state index in [0.29, 0.717) is 23.3 Å². The lowest BCUT2D eigenvalue weighted by atomic mass is 9.97. The molecule has 0 unspecified atom stereocenters. The van der Waals surface area contributed by atoms with Gasteiger partial charge >= 0.3 is 0 Å². The van der Waals surface area contributed by atoms with E-state index in [2.05, 4.69) is 50.3 Å². The van der Waals surface area contributed by atoms with E-state index < -0.39 is 11.6 Å². The highest BCUT2D eigenvalue weighted by atomic mass is 79.9. The van der Waals surface area contributed by atoms with Gasteiger partial charge in [-0.3, -0.25) is 0 Å². The molecule has 0 amide bonds. The average molecular weight is 471 g/mol. The van der Waals surface area contributed by atoms with Crippen molar-refractivity contribution in [2.75, 3.05) is 11.9 Å². The first kappa shape index (κ1) is 21.8. The predicted octanol–water partition coefficient (Wildman–Crippen LogP) is 5.86. The summed E-state index contributed by atoms with van der Waals surface area (Å²) in [7, 11) is 0. The topological polar surface area (TPSA) is 61.6 Å². The van der Waals surface area contributed by atoms with Gasteiger partial charge in [0.15, 0.2) is 0 Å². The van der Waals surface area contributed by atoms with Crippen molar-refractivity contribution in [3.8, 4) is 17.3 Å². The first-order valence-corrected chi connectivity index (χ1v) is 10.5. The van der Waals surface area contributed by atoms with Crippen molar-refractivity contribution < 1.29 is 8.78 Å². The lowest BCUT2D eigenvalue weighted by Gasteiger charge is -2.11. The van der Waals surface area contributed by atoms with E-state index in [1.807, 2.05) is 18.2 Å². The first-order valence-electron chi connectivity index (χ1n) is 9.70. The summed E-state index contributed by atoms with van der Waals surface area (Å²) >= 11 is 3.08. The molecule has 0 spiro atoms. The van der Waals surface area contributed by atoms with Gasteiger partial charge in [-0.05, 0) is 42.2 Å². The lowest BCUT2D eigenvalue weighted by molar-refractivity contribution is 0.555. The maximum atomic E-state index is 14.0. The number of aryl methyl sites for hydroxylation is 1. The van der Waals surface area contributed by atoms with Crippen molar-refractivity contribution in [1.82, 2.24) is 9.97 Å². The number of halogens is 3. The monoisotopic (exact) mass is 470 g/mol. The lowest BCUT2D eigenvalue weighted by Crippen LogP contribution is -2.09. The van der Waals surface area contributed by atoms with Crippen LogP contribution < -0.4 is 5.32 Å². The number of aromatic nitrogens is 2. The second-order valence-corrected chi connectivity index (χ2v) is 7.80. The van der Waals surface area contributed by atoms with Crippen molar-refractivity contribution >= 4 is 21.7 Å². The van der Waals surface area contributed by atoms with Crippen LogP contribution in [0.5, 0.6) is 0 Å². The summed E-state index contributed by atoms with van der Waals surface area (Å²) in [5.74, 6) is -0.572. The highest BCUT2D eigenvalue weighted by molar-refractivity contribution is 9.10. The standard InChI is InChI=1S/C23H21BrF2N4/c1-2-3-16-10-17(5-4-15(16)6-8-27)22-13-23(30-14-29-22)28-9-7-19-20(25)11-18(24)12-21(19)26/h4-5,10-14H,2-3,6-7,9H2,1H3,(H,28,29,30). The minimum Gasteiger partial charge on any atom is -0.370 e. The Morgan fingerprint density at radius 1 is 1.03 bits per heavy atom. The number of anilines is 1. The third kappa shape index (κ3) is 5.39. The summed E-state index contributed by atoms with van der Waals surface area (Å²) in [6, 6.07) is 12.5. The number of benzene rings is 2. The van der Waals surface area contributed by atoms with Crippen LogP contribution in [0.2, 0.25) is 0 Å². The molecule has 4 nitrogen and oxygen atoms in total. The Kier molecular flexibility index (Phi) is 7.47. The number of nitrogens with one attached hydrogen (secondary N) is 1. The molecule has 3 rings (SSSR count). The van der Waals surface area contributed by atoms with Crippen molar-refractivity contribution in [1.29, 1.82) is 5.26 Å². The van der Waals surface area contributed by atoms with Gasteiger partial charge in [0.05, 0.1) is 18.2 Å². The van der Waals surface area contributed by atoms with E-state index in [9.17, 15) is 8.78 Å². The maximum absolute atomic E-state index is 14.0. The van der Waals surface area contributed by atoms with Crippen molar-refractivity contribution in [2.45, 2.75) is 32.6 Å². The fraction of sp³-hybridized carbons (Fsp3) is 0.261. The first-order chi connectivity index (χ1) is 14.5. The van der Waals surface area contributed by atoms with E-state index in [1.165, 1.54) is 18.5 Å². The number of hydrogen-bond donors (Lipinski definition) is 1. The van der Waals surface area contributed by atoms with Gasteiger partial charge in [-0.25, -0.2) is 18.7 Å². The number of hydrogen-bond acceptors (Lipinski definition) is 4. The Morgan fingerprint density at radius 3 is 2.50 bits per heavy atom. The molecule has 0 saturated carbocycles. The van der Waals surface area contributed by atoms with Gasteiger partial charge in [-0.1, -0.05) is 41.4 Å². The molecule has 3 aromatic rings. The molecule has 1 aromatic heterocycles. The van der Waals surface area contributed by atoms with E-state index >= 15 is 0 Å². The van der Waals surface area contributed by atoms with Gasteiger partial charge in [0.1, 0.15) is 23.8 Å². The maximum Gasteiger partial charge on any atom is 0.130 e. The number of rotatable bonds is 8. The molecule has 1 heterocycles. The van der Waals surface area contributed by atoms with E-state index in [0.717, 1.165) is 35.2 Å². The molecule has 0 aliphatic heterocycles. The minimum atomic E-state index is -0.576. The summed E-state index contributed by atoms with van der Waals surface area (Å²) in [6.07, 6.45) is 3.91. The Balaban J connectivity index is 1.74. The average Bonchev–Trinajstić information content (AvgIpc) is 2.72. The largest absolute Gasteiger partial charge is 0.370 e. The molecule has 0 aliphatic carbocycles. The summed E-state index contributed by atoms with van der Waals surface area (Å²) in [5, 5.41) is 12.1. The number of nitriles is 1. The fourth-order valence-corrected chi connectivity index (χ4v) is 3.69. The highest BCUT2D eigenvalue weighted by Gasteiger charge is 2.11. The van der Waals surface area contributed by atoms with Gasteiger partial charge < -0.3 is 5.32 Å². The van der Waals surface area contributed by atoms with Gasteiger partial charge in [0.25, 0.3) is 0 Å². The molecule has 0 radical (unpaired) electrons. The van der Waals surface area contributed by atoms with Crippen LogP contribution in [0.1, 0.15) is 30.0 Å². The Morgan fingerprint density at radius 2 is 1.80 bits per heavy atom. The third-order valence-electron chi connectivity index (χ3n) is 4.74. The molecule has 1 N–H and O–H groups in total. The summed E-state index contributed by atoms with van der Waals surface area (Å²) < 4.78 is 28.3. The molecule has 0 saturated heterocycles. The van der Waals surface area contributed by atoms with E-state index in [4.69, 9.17) is 5.26 Å². The molecule has 0 atom stereocenters. The predicted molar refractivity (Wildman–Crippen MR) is 117 cm³/mol. The summed E-state index contributed by atoms with van der Waals surface area (Å²) in [4.78, 5) is 8.55. The van der Waals surface area contributed by atoms with Crippen LogP contribution in [0.15, 0.2) is 47.2 Å². The fourth-order valence-electron chi connectivity index (χ4n) is 3.28. The van der Waals surface area contributed by atoms with Crippen LogP contribution in [0.4, 0.5) is 14.6 Å². The second-order valence-electron chi connectivity index (χ2n) is 6.88. The van der Waals surface area contributed by atoms with E-state index in [-0.39, 0.29) is 12.0 Å². The van der Waals surface area contributed by atoms with Crippen LogP contribution in [0.25, 0.3) is 11.3 Å². The van der Waals surface area contributed by atoms with Crippen LogP contribution in [-0.4, -0.2) is 16.5 Å². The third-order valence-corrected chi connectivity index (χ3v) is 5.20. The smallest absolute Gasteiger partial charge is 0.130 e. The molecule has 30 heavy (non-hydrogen) atoms. The molecule has 7 heteroatoms. The van der Waals surface area contributed by atoms with Crippen LogP contribution in [0, 0.1) is 23.0 Å². The second kappa shape index (κ2) is 10.3. The van der Waals surface area contributed by atoms with Crippen molar-refractivity contribution in [2.24, 2.45) is 0 Å². The zero-order valence-corrected chi connectivity index (χ0v) is 18.1. The number of nitrogens with zero attached hydrogens (tertiary/aromatic N) is 3. The SMILES string of the molecule is CCCc1cc(-c2cc(NCCc3c(F)cc(Br)cc3F)ncn2)ccc1CC#N. The summed E-state index contributed by atoms with van der Waals surface area (Å²) in [5.41, 5.74) is 3.90. The molecular formula is C23H21BrF2N4. The van der Waals surface area contributed by atoms with Crippen molar-refractivity contribution in [3.05, 3.63) is 75.5 Å². The molecular weight excluding hydrogens is 450 g/mol. The molecule has 0 fully saturated rings. The Bertz CT molecular complexity index is 1060. The quantitative estimate of drug-likeness (QED) is 0.447. The van der Waals surface area contributed by atoms with Crippen molar-refractivity contribution in [3.63, 3.8) is 0 Å². The molecule has 0 bridgehead atoms. The zero-order chi connectivity index (χ0) is 21.5. The van der Waals surface area contributed by atoms with Gasteiger partial charge in [0.2, 0.25) is 0 Å². The normalized spacial score (nSPS) is 10.6. The van der Waals surface area contributed by atoms with Crippen LogP contribution in [0.3, 0.4) is 0 Å². The van der Waals surface area contributed by atoms with E-state index in [1.54, 1.807) is 0 Å². The highest BCUT2D eigenvalue weighted by Crippen LogP contribution is 2.24. The summed E-state index contributed by atoms with van der Waals surface area (Å²) in [6.45, 7) is 2.43. The van der Waals surface area contributed by atoms with Gasteiger partial charge in [0, 0.05) is 28.2 Å². The van der Waals surface area contributed by atoms with Crippen LogP contribution in [-0.2, 0) is 19.3 Å². The van der Waals surface area contributed by atoms with Crippen LogP contribution >= 0.6 is 15.9 Å². The van der Waals surface area contributed by atoms with Gasteiger partial charge in [-0.15, -0.1) is 0 Å². The molecule has 2 aromatic carbocycles. The molecule has 154 valence electrons. The zero-order valence-electron chi connectivity index (χ0n) is 16.6. The Labute approximate surface area is 183 Å².